The van der Waals surface area contributed by atoms with Gasteiger partial charge < -0.3 is 20.3 Å². The number of benzene rings is 1. The quantitative estimate of drug-likeness (QED) is 0.249. The number of hydrogen-bond donors (Lipinski definition) is 2. The van der Waals surface area contributed by atoms with Crippen molar-refractivity contribution in [2.45, 2.75) is 45.6 Å². The van der Waals surface area contributed by atoms with Crippen LogP contribution in [-0.2, 0) is 17.7 Å². The van der Waals surface area contributed by atoms with E-state index in [1.54, 1.807) is 0 Å². The molecule has 26 heavy (non-hydrogen) atoms. The van der Waals surface area contributed by atoms with Gasteiger partial charge in [0.1, 0.15) is 0 Å². The lowest BCUT2D eigenvalue weighted by Gasteiger charge is -2.28. The molecule has 2 rings (SSSR count). The van der Waals surface area contributed by atoms with Gasteiger partial charge in [0.25, 0.3) is 0 Å². The Labute approximate surface area is 176 Å². The number of unbranched alkanes of at least 4 members (excludes halogenated alkanes) is 1. The Morgan fingerprint density at radius 1 is 1.23 bits per heavy atom. The molecule has 5 nitrogen and oxygen atoms in total. The molecular weight excluding hydrogens is 439 g/mol. The van der Waals surface area contributed by atoms with Crippen molar-refractivity contribution in [3.63, 3.8) is 0 Å². The van der Waals surface area contributed by atoms with Crippen LogP contribution in [0.3, 0.4) is 0 Å². The van der Waals surface area contributed by atoms with Crippen molar-refractivity contribution < 1.29 is 4.74 Å². The zero-order valence-corrected chi connectivity index (χ0v) is 18.8. The lowest BCUT2D eigenvalue weighted by atomic mass is 9.99. The Morgan fingerprint density at radius 2 is 2.04 bits per heavy atom. The Morgan fingerprint density at radius 3 is 2.81 bits per heavy atom. The number of guanidine groups is 1. The second kappa shape index (κ2) is 13.2. The van der Waals surface area contributed by atoms with Crippen molar-refractivity contribution in [1.29, 1.82) is 0 Å². The third kappa shape index (κ3) is 7.70. The largest absolute Gasteiger partial charge is 0.381 e. The molecule has 1 aromatic rings. The van der Waals surface area contributed by atoms with Crippen molar-refractivity contribution in [3.05, 3.63) is 29.3 Å². The molecule has 0 aliphatic carbocycles. The minimum Gasteiger partial charge on any atom is -0.381 e. The van der Waals surface area contributed by atoms with Crippen LogP contribution >= 0.6 is 24.0 Å². The van der Waals surface area contributed by atoms with E-state index in [2.05, 4.69) is 52.7 Å². The maximum Gasteiger partial charge on any atom is 0.191 e. The SMILES string of the molecule is CCCCOCCCNC(=NC)NCc1ccc2c(c1)CCCN2C.I. The van der Waals surface area contributed by atoms with Gasteiger partial charge in [-0.2, -0.15) is 0 Å². The third-order valence-electron chi connectivity index (χ3n) is 4.58. The molecule has 0 bridgehead atoms. The molecule has 2 N–H and O–H groups in total. The van der Waals surface area contributed by atoms with Gasteiger partial charge in [-0.25, -0.2) is 0 Å². The van der Waals surface area contributed by atoms with Gasteiger partial charge in [-0.05, 0) is 42.9 Å². The lowest BCUT2D eigenvalue weighted by molar-refractivity contribution is 0.129. The summed E-state index contributed by atoms with van der Waals surface area (Å²) in [6, 6.07) is 6.78. The minimum atomic E-state index is 0. The molecule has 0 saturated carbocycles. The van der Waals surface area contributed by atoms with Crippen molar-refractivity contribution in [2.24, 2.45) is 4.99 Å². The van der Waals surface area contributed by atoms with Crippen molar-refractivity contribution in [2.75, 3.05) is 45.3 Å². The number of aliphatic imine (C=N–C) groups is 1. The van der Waals surface area contributed by atoms with E-state index in [1.807, 2.05) is 7.05 Å². The van der Waals surface area contributed by atoms with Gasteiger partial charge in [0.15, 0.2) is 5.96 Å². The molecule has 1 heterocycles. The molecule has 0 unspecified atom stereocenters. The predicted octanol–water partition coefficient (Wildman–Crippen LogP) is 3.56. The van der Waals surface area contributed by atoms with Crippen LogP contribution in [0, 0.1) is 0 Å². The highest BCUT2D eigenvalue weighted by Gasteiger charge is 2.13. The van der Waals surface area contributed by atoms with E-state index >= 15 is 0 Å². The summed E-state index contributed by atoms with van der Waals surface area (Å²) in [5.41, 5.74) is 4.14. The van der Waals surface area contributed by atoms with Gasteiger partial charge in [0.05, 0.1) is 0 Å². The number of rotatable bonds is 9. The standard InChI is InChI=1S/C20H34N4O.HI/c1-4-5-13-25-14-7-11-22-20(21-2)23-16-17-9-10-19-18(15-17)8-6-12-24(19)3;/h9-10,15H,4-8,11-14,16H2,1-3H3,(H2,21,22,23);1H. The number of halogens is 1. The molecular formula is C20H35IN4O. The van der Waals surface area contributed by atoms with E-state index in [0.717, 1.165) is 51.6 Å². The van der Waals surface area contributed by atoms with Crippen LogP contribution in [0.2, 0.25) is 0 Å². The van der Waals surface area contributed by atoms with Crippen LogP contribution in [0.4, 0.5) is 5.69 Å². The predicted molar refractivity (Wildman–Crippen MR) is 122 cm³/mol. The fourth-order valence-corrected chi connectivity index (χ4v) is 3.08. The van der Waals surface area contributed by atoms with E-state index in [1.165, 1.54) is 36.1 Å². The van der Waals surface area contributed by atoms with Crippen molar-refractivity contribution in [1.82, 2.24) is 10.6 Å². The Bertz CT molecular complexity index is 551. The summed E-state index contributed by atoms with van der Waals surface area (Å²) < 4.78 is 5.58. The summed E-state index contributed by atoms with van der Waals surface area (Å²) in [6.07, 6.45) is 5.75. The zero-order chi connectivity index (χ0) is 17.9. The first-order valence-corrected chi connectivity index (χ1v) is 9.59. The Balaban J connectivity index is 0.00000338. The van der Waals surface area contributed by atoms with Crippen LogP contribution in [0.15, 0.2) is 23.2 Å². The van der Waals surface area contributed by atoms with Gasteiger partial charge >= 0.3 is 0 Å². The van der Waals surface area contributed by atoms with Gasteiger partial charge in [-0.15, -0.1) is 24.0 Å². The maximum absolute atomic E-state index is 5.58. The van der Waals surface area contributed by atoms with E-state index < -0.39 is 0 Å². The second-order valence-corrected chi connectivity index (χ2v) is 6.66. The van der Waals surface area contributed by atoms with E-state index in [4.69, 9.17) is 4.74 Å². The molecule has 0 amide bonds. The molecule has 0 aromatic heterocycles. The molecule has 1 aromatic carbocycles. The highest BCUT2D eigenvalue weighted by molar-refractivity contribution is 14.0. The fraction of sp³-hybridized carbons (Fsp3) is 0.650. The zero-order valence-electron chi connectivity index (χ0n) is 16.5. The van der Waals surface area contributed by atoms with E-state index in [-0.39, 0.29) is 24.0 Å². The number of anilines is 1. The average molecular weight is 474 g/mol. The average Bonchev–Trinajstić information content (AvgIpc) is 2.63. The molecule has 0 saturated heterocycles. The van der Waals surface area contributed by atoms with Gasteiger partial charge in [-0.3, -0.25) is 4.99 Å². The van der Waals surface area contributed by atoms with E-state index in [0.29, 0.717) is 0 Å². The molecule has 0 spiro atoms. The number of fused-ring (bicyclic) bond motifs is 1. The van der Waals surface area contributed by atoms with Crippen LogP contribution < -0.4 is 15.5 Å². The lowest BCUT2D eigenvalue weighted by Crippen LogP contribution is -2.37. The first-order chi connectivity index (χ1) is 12.2. The summed E-state index contributed by atoms with van der Waals surface area (Å²) in [5, 5.41) is 6.75. The molecule has 1 aliphatic rings. The number of ether oxygens (including phenoxy) is 1. The van der Waals surface area contributed by atoms with Crippen molar-refractivity contribution in [3.8, 4) is 0 Å². The molecule has 1 aliphatic heterocycles. The number of aryl methyl sites for hydroxylation is 1. The third-order valence-corrected chi connectivity index (χ3v) is 4.58. The summed E-state index contributed by atoms with van der Waals surface area (Å²) in [5.74, 6) is 0.850. The Hall–Kier alpha value is -1.02. The van der Waals surface area contributed by atoms with Gasteiger partial charge in [0, 0.05) is 52.6 Å². The van der Waals surface area contributed by atoms with Crippen LogP contribution in [0.25, 0.3) is 0 Å². The molecule has 0 fully saturated rings. The second-order valence-electron chi connectivity index (χ2n) is 6.66. The summed E-state index contributed by atoms with van der Waals surface area (Å²) in [7, 11) is 3.99. The number of nitrogens with one attached hydrogen (secondary N) is 2. The fourth-order valence-electron chi connectivity index (χ4n) is 3.08. The summed E-state index contributed by atoms with van der Waals surface area (Å²) in [6.45, 7) is 6.69. The van der Waals surface area contributed by atoms with Crippen LogP contribution in [-0.4, -0.2) is 46.4 Å². The summed E-state index contributed by atoms with van der Waals surface area (Å²) in [4.78, 5) is 6.64. The molecule has 0 radical (unpaired) electrons. The van der Waals surface area contributed by atoms with E-state index in [9.17, 15) is 0 Å². The van der Waals surface area contributed by atoms with Crippen molar-refractivity contribution >= 4 is 35.6 Å². The number of nitrogens with zero attached hydrogens (tertiary/aromatic N) is 2. The monoisotopic (exact) mass is 474 g/mol. The molecule has 6 heteroatoms. The van der Waals surface area contributed by atoms with Gasteiger partial charge in [-0.1, -0.05) is 25.5 Å². The highest BCUT2D eigenvalue weighted by atomic mass is 127. The number of hydrogen-bond acceptors (Lipinski definition) is 3. The summed E-state index contributed by atoms with van der Waals surface area (Å²) >= 11 is 0. The van der Waals surface area contributed by atoms with Crippen LogP contribution in [0.1, 0.15) is 43.7 Å². The topological polar surface area (TPSA) is 48.9 Å². The minimum absolute atomic E-state index is 0. The Kier molecular flexibility index (Phi) is 11.7. The highest BCUT2D eigenvalue weighted by Crippen LogP contribution is 2.26. The van der Waals surface area contributed by atoms with Gasteiger partial charge in [0.2, 0.25) is 0 Å². The molecule has 0 atom stereocenters. The van der Waals surface area contributed by atoms with Crippen LogP contribution in [0.5, 0.6) is 0 Å². The first-order valence-electron chi connectivity index (χ1n) is 9.59. The first kappa shape index (κ1) is 23.0. The molecule has 148 valence electrons. The maximum atomic E-state index is 5.58. The smallest absolute Gasteiger partial charge is 0.191 e. The normalized spacial score (nSPS) is 13.8.